The molecule has 0 saturated carbocycles. The van der Waals surface area contributed by atoms with Crippen LogP contribution in [0.1, 0.15) is 19.4 Å². The molecule has 0 bridgehead atoms. The lowest BCUT2D eigenvalue weighted by atomic mass is 10.1. The third kappa shape index (κ3) is 3.63. The van der Waals surface area contributed by atoms with Gasteiger partial charge in [-0.1, -0.05) is 11.6 Å². The highest BCUT2D eigenvalue weighted by atomic mass is 35.5. The second-order valence-corrected chi connectivity index (χ2v) is 5.08. The van der Waals surface area contributed by atoms with Crippen molar-refractivity contribution in [2.45, 2.75) is 19.9 Å². The number of hydrogen-bond donors (Lipinski definition) is 0. The molecular weight excluding hydrogens is 246 g/mol. The van der Waals surface area contributed by atoms with Crippen LogP contribution in [0, 0.1) is 11.3 Å². The van der Waals surface area contributed by atoms with Crippen LogP contribution < -0.4 is 4.90 Å². The fourth-order valence-corrected chi connectivity index (χ4v) is 2.37. The highest BCUT2D eigenvalue weighted by Crippen LogP contribution is 2.24. The highest BCUT2D eigenvalue weighted by molar-refractivity contribution is 6.32. The molecule has 0 radical (unpaired) electrons. The van der Waals surface area contributed by atoms with Crippen LogP contribution >= 0.6 is 11.6 Å². The third-order valence-electron chi connectivity index (χ3n) is 2.91. The number of benzene rings is 1. The summed E-state index contributed by atoms with van der Waals surface area (Å²) in [5.41, 5.74) is 1.59. The van der Waals surface area contributed by atoms with Crippen LogP contribution in [0.4, 0.5) is 5.69 Å². The lowest BCUT2D eigenvalue weighted by Gasteiger charge is -2.32. The van der Waals surface area contributed by atoms with Crippen molar-refractivity contribution in [3.63, 3.8) is 0 Å². The molecule has 0 aromatic heterocycles. The zero-order chi connectivity index (χ0) is 13.7. The number of nitriles is 1. The Kier molecular flexibility index (Phi) is 5.46. The molecular formula is C14H20ClN3. The van der Waals surface area contributed by atoms with E-state index in [0.29, 0.717) is 16.6 Å². The van der Waals surface area contributed by atoms with Gasteiger partial charge in [0.25, 0.3) is 0 Å². The van der Waals surface area contributed by atoms with Gasteiger partial charge in [0.2, 0.25) is 0 Å². The molecule has 0 N–H and O–H groups in total. The number of hydrogen-bond acceptors (Lipinski definition) is 3. The maximum Gasteiger partial charge on any atom is 0.101 e. The molecule has 1 atom stereocenters. The van der Waals surface area contributed by atoms with Crippen LogP contribution in [-0.2, 0) is 0 Å². The van der Waals surface area contributed by atoms with E-state index in [1.807, 2.05) is 12.1 Å². The minimum Gasteiger partial charge on any atom is -0.368 e. The Hall–Kier alpha value is -1.24. The number of anilines is 1. The average Bonchev–Trinajstić information content (AvgIpc) is 2.29. The first-order valence-corrected chi connectivity index (χ1v) is 6.48. The fourth-order valence-electron chi connectivity index (χ4n) is 2.15. The second kappa shape index (κ2) is 6.63. The predicted octanol–water partition coefficient (Wildman–Crippen LogP) is 2.99. The molecule has 0 spiro atoms. The maximum atomic E-state index is 8.88. The van der Waals surface area contributed by atoms with Gasteiger partial charge in [0.05, 0.1) is 10.6 Å². The summed E-state index contributed by atoms with van der Waals surface area (Å²) in [6.45, 7) is 6.20. The van der Waals surface area contributed by atoms with Crippen molar-refractivity contribution in [2.75, 3.05) is 32.1 Å². The molecule has 0 heterocycles. The minimum absolute atomic E-state index is 0.397. The molecule has 0 fully saturated rings. The first kappa shape index (κ1) is 14.8. The Morgan fingerprint density at radius 1 is 1.39 bits per heavy atom. The van der Waals surface area contributed by atoms with Crippen LogP contribution in [-0.4, -0.2) is 38.1 Å². The molecule has 0 saturated heterocycles. The molecule has 1 aromatic rings. The van der Waals surface area contributed by atoms with E-state index in [4.69, 9.17) is 16.9 Å². The van der Waals surface area contributed by atoms with Gasteiger partial charge in [-0.2, -0.15) is 5.26 Å². The van der Waals surface area contributed by atoms with Crippen molar-refractivity contribution in [2.24, 2.45) is 0 Å². The summed E-state index contributed by atoms with van der Waals surface area (Å²) >= 11 is 6.08. The van der Waals surface area contributed by atoms with Gasteiger partial charge in [-0.15, -0.1) is 0 Å². The van der Waals surface area contributed by atoms with Gasteiger partial charge >= 0.3 is 0 Å². The molecule has 0 aliphatic carbocycles. The van der Waals surface area contributed by atoms with Crippen molar-refractivity contribution in [1.29, 1.82) is 5.26 Å². The first-order chi connectivity index (χ1) is 8.49. The number of rotatable bonds is 5. The molecule has 1 unspecified atom stereocenters. The predicted molar refractivity (Wildman–Crippen MR) is 77.2 cm³/mol. The normalized spacial score (nSPS) is 12.3. The molecule has 1 rings (SSSR count). The Bertz CT molecular complexity index is 437. The number of likely N-dealkylation sites (N-methyl/N-ethyl adjacent to an activating group) is 2. The number of nitrogens with zero attached hydrogens (tertiary/aromatic N) is 3. The van der Waals surface area contributed by atoms with Gasteiger partial charge in [0.15, 0.2) is 0 Å². The van der Waals surface area contributed by atoms with Gasteiger partial charge in [0.1, 0.15) is 6.07 Å². The summed E-state index contributed by atoms with van der Waals surface area (Å²) in [7, 11) is 4.13. The molecule has 4 heteroatoms. The van der Waals surface area contributed by atoms with Crippen LogP contribution in [0.25, 0.3) is 0 Å². The molecule has 98 valence electrons. The zero-order valence-electron chi connectivity index (χ0n) is 11.4. The van der Waals surface area contributed by atoms with Gasteiger partial charge in [-0.05, 0) is 46.1 Å². The summed E-state index contributed by atoms with van der Waals surface area (Å²) in [6.07, 6.45) is 0. The Balaban J connectivity index is 2.95. The SMILES string of the molecule is CCN(c1ccc(C#N)c(Cl)c1)C(C)CN(C)C. The molecule has 18 heavy (non-hydrogen) atoms. The van der Waals surface area contributed by atoms with E-state index in [9.17, 15) is 0 Å². The van der Waals surface area contributed by atoms with E-state index in [2.05, 4.69) is 43.8 Å². The van der Waals surface area contributed by atoms with Gasteiger partial charge in [0, 0.05) is 24.8 Å². The summed E-state index contributed by atoms with van der Waals surface area (Å²) in [5, 5.41) is 9.40. The maximum absolute atomic E-state index is 8.88. The Morgan fingerprint density at radius 2 is 2.06 bits per heavy atom. The second-order valence-electron chi connectivity index (χ2n) is 4.67. The summed E-state index contributed by atoms with van der Waals surface area (Å²) in [5.74, 6) is 0. The molecule has 0 aliphatic rings. The summed E-state index contributed by atoms with van der Waals surface area (Å²) in [4.78, 5) is 4.45. The standard InChI is InChI=1S/C14H20ClN3/c1-5-18(11(2)10-17(3)4)13-7-6-12(9-16)14(15)8-13/h6-8,11H,5,10H2,1-4H3. The van der Waals surface area contributed by atoms with Crippen LogP contribution in [0.3, 0.4) is 0 Å². The molecule has 3 nitrogen and oxygen atoms in total. The number of halogens is 1. The molecule has 0 aliphatic heterocycles. The van der Waals surface area contributed by atoms with E-state index in [1.54, 1.807) is 6.07 Å². The minimum atomic E-state index is 0.397. The van der Waals surface area contributed by atoms with E-state index >= 15 is 0 Å². The van der Waals surface area contributed by atoms with Crippen molar-refractivity contribution in [3.05, 3.63) is 28.8 Å². The molecule has 1 aromatic carbocycles. The lowest BCUT2D eigenvalue weighted by Crippen LogP contribution is -2.40. The lowest BCUT2D eigenvalue weighted by molar-refractivity contribution is 0.373. The first-order valence-electron chi connectivity index (χ1n) is 6.10. The van der Waals surface area contributed by atoms with Crippen LogP contribution in [0.5, 0.6) is 0 Å². The topological polar surface area (TPSA) is 30.3 Å². The smallest absolute Gasteiger partial charge is 0.101 e. The summed E-state index contributed by atoms with van der Waals surface area (Å²) < 4.78 is 0. The van der Waals surface area contributed by atoms with Gasteiger partial charge < -0.3 is 9.80 Å². The van der Waals surface area contributed by atoms with E-state index in [-0.39, 0.29) is 0 Å². The highest BCUT2D eigenvalue weighted by Gasteiger charge is 2.14. The van der Waals surface area contributed by atoms with Crippen molar-refractivity contribution < 1.29 is 0 Å². The van der Waals surface area contributed by atoms with E-state index < -0.39 is 0 Å². The Labute approximate surface area is 115 Å². The van der Waals surface area contributed by atoms with Crippen molar-refractivity contribution in [3.8, 4) is 6.07 Å². The van der Waals surface area contributed by atoms with Crippen LogP contribution in [0.2, 0.25) is 5.02 Å². The largest absolute Gasteiger partial charge is 0.368 e. The fraction of sp³-hybridized carbons (Fsp3) is 0.500. The van der Waals surface area contributed by atoms with Crippen molar-refractivity contribution >= 4 is 17.3 Å². The van der Waals surface area contributed by atoms with Crippen LogP contribution in [0.15, 0.2) is 18.2 Å². The Morgan fingerprint density at radius 3 is 2.50 bits per heavy atom. The van der Waals surface area contributed by atoms with E-state index in [1.165, 1.54) is 0 Å². The van der Waals surface area contributed by atoms with Crippen molar-refractivity contribution in [1.82, 2.24) is 4.90 Å². The van der Waals surface area contributed by atoms with Gasteiger partial charge in [-0.3, -0.25) is 0 Å². The summed E-state index contributed by atoms with van der Waals surface area (Å²) in [6, 6.07) is 8.09. The van der Waals surface area contributed by atoms with E-state index in [0.717, 1.165) is 18.8 Å². The average molecular weight is 266 g/mol. The quantitative estimate of drug-likeness (QED) is 0.820. The third-order valence-corrected chi connectivity index (χ3v) is 3.22. The monoisotopic (exact) mass is 265 g/mol. The van der Waals surface area contributed by atoms with Gasteiger partial charge in [-0.25, -0.2) is 0 Å². The zero-order valence-corrected chi connectivity index (χ0v) is 12.2. The molecule has 0 amide bonds.